The molecule has 0 aromatic heterocycles. The number of aliphatic hydroxyl groups is 1. The summed E-state index contributed by atoms with van der Waals surface area (Å²) < 4.78 is 14.1. The lowest BCUT2D eigenvalue weighted by atomic mass is 10.6. The van der Waals surface area contributed by atoms with Gasteiger partial charge in [0, 0.05) is 21.3 Å². The molecule has 0 bridgehead atoms. The van der Waals surface area contributed by atoms with Crippen molar-refractivity contribution in [2.45, 2.75) is 5.97 Å². The first-order valence-corrected chi connectivity index (χ1v) is 2.51. The Morgan fingerprint density at radius 1 is 1.11 bits per heavy atom. The molecule has 0 fully saturated rings. The average molecular weight is 136 g/mol. The van der Waals surface area contributed by atoms with Gasteiger partial charge in [-0.1, -0.05) is 0 Å². The minimum Gasteiger partial charge on any atom is -0.388 e. The molecule has 0 aliphatic heterocycles. The first-order chi connectivity index (χ1) is 4.24. The predicted octanol–water partition coefficient (Wildman–Crippen LogP) is -0.428. The van der Waals surface area contributed by atoms with Gasteiger partial charge in [0.2, 0.25) is 0 Å². The van der Waals surface area contributed by atoms with Crippen molar-refractivity contribution in [1.29, 1.82) is 0 Å². The van der Waals surface area contributed by atoms with Crippen LogP contribution in [0.3, 0.4) is 0 Å². The van der Waals surface area contributed by atoms with E-state index in [0.717, 1.165) is 0 Å². The summed E-state index contributed by atoms with van der Waals surface area (Å²) in [5.74, 6) is -1.28. The second-order valence-electron chi connectivity index (χ2n) is 1.45. The molecule has 0 radical (unpaired) electrons. The van der Waals surface area contributed by atoms with Gasteiger partial charge in [-0.15, -0.1) is 0 Å². The van der Waals surface area contributed by atoms with Crippen molar-refractivity contribution in [1.82, 2.24) is 0 Å². The van der Waals surface area contributed by atoms with Gasteiger partial charge >= 0.3 is 5.97 Å². The van der Waals surface area contributed by atoms with Crippen molar-refractivity contribution in [3.05, 3.63) is 0 Å². The molecule has 0 aromatic carbocycles. The minimum atomic E-state index is -1.28. The van der Waals surface area contributed by atoms with Gasteiger partial charge in [-0.3, -0.25) is 0 Å². The van der Waals surface area contributed by atoms with Crippen molar-refractivity contribution in [3.8, 4) is 0 Å². The molecular formula is C5H12O4. The van der Waals surface area contributed by atoms with Gasteiger partial charge in [0.15, 0.2) is 0 Å². The maximum absolute atomic E-state index is 8.60. The fourth-order valence-electron chi connectivity index (χ4n) is 0.444. The third kappa shape index (κ3) is 1.91. The molecule has 9 heavy (non-hydrogen) atoms. The van der Waals surface area contributed by atoms with Gasteiger partial charge in [-0.25, -0.2) is 0 Å². The molecule has 0 unspecified atom stereocenters. The molecule has 4 heteroatoms. The van der Waals surface area contributed by atoms with Crippen LogP contribution in [0.5, 0.6) is 0 Å². The summed E-state index contributed by atoms with van der Waals surface area (Å²) >= 11 is 0. The summed E-state index contributed by atoms with van der Waals surface area (Å²) in [5.41, 5.74) is 0. The molecule has 0 saturated carbocycles. The standard InChI is InChI=1S/C5H12O4/c1-7-5(4-6,8-2)9-3/h6H,4H2,1-3H3. The van der Waals surface area contributed by atoms with E-state index in [2.05, 4.69) is 0 Å². The quantitative estimate of drug-likeness (QED) is 0.533. The van der Waals surface area contributed by atoms with Gasteiger partial charge in [0.25, 0.3) is 0 Å². The monoisotopic (exact) mass is 136 g/mol. The fourth-order valence-corrected chi connectivity index (χ4v) is 0.444. The minimum absolute atomic E-state index is 0.323. The van der Waals surface area contributed by atoms with Crippen LogP contribution in [0.15, 0.2) is 0 Å². The predicted molar refractivity (Wildman–Crippen MR) is 30.8 cm³/mol. The van der Waals surface area contributed by atoms with Crippen LogP contribution in [0, 0.1) is 0 Å². The van der Waals surface area contributed by atoms with Gasteiger partial charge < -0.3 is 19.3 Å². The Kier molecular flexibility index (Phi) is 3.72. The average Bonchev–Trinajstić information content (AvgIpc) is 1.95. The van der Waals surface area contributed by atoms with Crippen molar-refractivity contribution in [3.63, 3.8) is 0 Å². The first kappa shape index (κ1) is 8.84. The van der Waals surface area contributed by atoms with Crippen LogP contribution in [-0.2, 0) is 14.2 Å². The Morgan fingerprint density at radius 3 is 1.44 bits per heavy atom. The van der Waals surface area contributed by atoms with Crippen LogP contribution < -0.4 is 0 Å². The maximum atomic E-state index is 8.60. The van der Waals surface area contributed by atoms with Crippen molar-refractivity contribution in [2.24, 2.45) is 0 Å². The van der Waals surface area contributed by atoms with Crippen LogP contribution >= 0.6 is 0 Å². The van der Waals surface area contributed by atoms with E-state index in [4.69, 9.17) is 19.3 Å². The van der Waals surface area contributed by atoms with Crippen LogP contribution in [0.25, 0.3) is 0 Å². The Labute approximate surface area is 54.3 Å². The smallest absolute Gasteiger partial charge is 0.306 e. The van der Waals surface area contributed by atoms with E-state index < -0.39 is 5.97 Å². The molecule has 0 aromatic rings. The fraction of sp³-hybridized carbons (Fsp3) is 1.00. The number of ether oxygens (including phenoxy) is 3. The number of aliphatic hydroxyl groups excluding tert-OH is 1. The Hall–Kier alpha value is -0.160. The molecule has 0 heterocycles. The third-order valence-corrected chi connectivity index (χ3v) is 1.13. The van der Waals surface area contributed by atoms with Crippen LogP contribution in [0.2, 0.25) is 0 Å². The van der Waals surface area contributed by atoms with Crippen LogP contribution in [-0.4, -0.2) is 39.0 Å². The molecule has 0 aliphatic rings. The second kappa shape index (κ2) is 3.79. The molecule has 4 nitrogen and oxygen atoms in total. The van der Waals surface area contributed by atoms with E-state index in [9.17, 15) is 0 Å². The number of hydrogen-bond acceptors (Lipinski definition) is 4. The largest absolute Gasteiger partial charge is 0.388 e. The normalized spacial score (nSPS) is 12.0. The van der Waals surface area contributed by atoms with Gasteiger partial charge in [-0.05, 0) is 0 Å². The summed E-state index contributed by atoms with van der Waals surface area (Å²) in [6, 6.07) is 0. The van der Waals surface area contributed by atoms with Crippen LogP contribution in [0.1, 0.15) is 0 Å². The number of methoxy groups -OCH3 is 3. The van der Waals surface area contributed by atoms with Gasteiger partial charge in [0.1, 0.15) is 6.61 Å². The van der Waals surface area contributed by atoms with E-state index in [1.165, 1.54) is 21.3 Å². The zero-order valence-corrected chi connectivity index (χ0v) is 5.88. The van der Waals surface area contributed by atoms with E-state index in [1.807, 2.05) is 0 Å². The van der Waals surface area contributed by atoms with Crippen molar-refractivity contribution >= 4 is 0 Å². The summed E-state index contributed by atoms with van der Waals surface area (Å²) in [6.45, 7) is -0.323. The lowest BCUT2D eigenvalue weighted by Gasteiger charge is -2.25. The molecule has 0 rings (SSSR count). The lowest BCUT2D eigenvalue weighted by molar-refractivity contribution is -0.364. The zero-order valence-electron chi connectivity index (χ0n) is 5.88. The van der Waals surface area contributed by atoms with E-state index in [-0.39, 0.29) is 6.61 Å². The second-order valence-corrected chi connectivity index (χ2v) is 1.45. The topological polar surface area (TPSA) is 47.9 Å². The third-order valence-electron chi connectivity index (χ3n) is 1.13. The summed E-state index contributed by atoms with van der Waals surface area (Å²) in [7, 11) is 4.18. The SMILES string of the molecule is COC(CO)(OC)OC. The highest BCUT2D eigenvalue weighted by Gasteiger charge is 2.27. The summed E-state index contributed by atoms with van der Waals surface area (Å²) in [4.78, 5) is 0. The highest BCUT2D eigenvalue weighted by molar-refractivity contribution is 4.49. The Bertz CT molecular complexity index is 51.8. The van der Waals surface area contributed by atoms with E-state index in [1.54, 1.807) is 0 Å². The molecular weight excluding hydrogens is 124 g/mol. The molecule has 0 saturated heterocycles. The molecule has 0 spiro atoms. The summed E-state index contributed by atoms with van der Waals surface area (Å²) in [6.07, 6.45) is 0. The molecule has 1 N–H and O–H groups in total. The maximum Gasteiger partial charge on any atom is 0.306 e. The molecule has 0 atom stereocenters. The van der Waals surface area contributed by atoms with Crippen molar-refractivity contribution in [2.75, 3.05) is 27.9 Å². The van der Waals surface area contributed by atoms with E-state index in [0.29, 0.717) is 0 Å². The van der Waals surface area contributed by atoms with Crippen LogP contribution in [0.4, 0.5) is 0 Å². The first-order valence-electron chi connectivity index (χ1n) is 2.51. The highest BCUT2D eigenvalue weighted by atomic mass is 16.9. The van der Waals surface area contributed by atoms with Gasteiger partial charge in [0.05, 0.1) is 0 Å². The van der Waals surface area contributed by atoms with E-state index >= 15 is 0 Å². The lowest BCUT2D eigenvalue weighted by Crippen LogP contribution is -2.39. The van der Waals surface area contributed by atoms with Crippen molar-refractivity contribution < 1.29 is 19.3 Å². The highest BCUT2D eigenvalue weighted by Crippen LogP contribution is 2.09. The zero-order chi connectivity index (χ0) is 7.33. The Balaban J connectivity index is 3.82. The molecule has 56 valence electrons. The summed E-state index contributed by atoms with van der Waals surface area (Å²) in [5, 5.41) is 8.60. The molecule has 0 aliphatic carbocycles. The molecule has 0 amide bonds. The van der Waals surface area contributed by atoms with Gasteiger partial charge in [-0.2, -0.15) is 0 Å². The number of hydrogen-bond donors (Lipinski definition) is 1. The number of rotatable bonds is 4. The Morgan fingerprint density at radius 2 is 1.44 bits per heavy atom.